The SMILES string of the molecule is CCO[C@@H]1C[C@H](N[C@H](C)C(=O)Nc2ccccc2)C12CCCCC2. The maximum absolute atomic E-state index is 12.5. The molecule has 2 N–H and O–H groups in total. The summed E-state index contributed by atoms with van der Waals surface area (Å²) in [6, 6.07) is 9.85. The summed E-state index contributed by atoms with van der Waals surface area (Å²) in [5, 5.41) is 6.58. The Kier molecular flexibility index (Phi) is 5.57. The first-order chi connectivity index (χ1) is 11.7. The summed E-state index contributed by atoms with van der Waals surface area (Å²) in [4.78, 5) is 12.5. The molecule has 1 spiro atoms. The topological polar surface area (TPSA) is 50.4 Å². The highest BCUT2D eigenvalue weighted by molar-refractivity contribution is 5.94. The lowest BCUT2D eigenvalue weighted by Gasteiger charge is -2.58. The Bertz CT molecular complexity index is 540. The van der Waals surface area contributed by atoms with Crippen LogP contribution in [0.25, 0.3) is 0 Å². The van der Waals surface area contributed by atoms with E-state index in [1.165, 1.54) is 32.1 Å². The third-order valence-corrected chi connectivity index (χ3v) is 5.82. The van der Waals surface area contributed by atoms with Gasteiger partial charge in [-0.15, -0.1) is 0 Å². The van der Waals surface area contributed by atoms with Gasteiger partial charge in [-0.25, -0.2) is 0 Å². The number of carbonyl (C=O) groups is 1. The highest BCUT2D eigenvalue weighted by Crippen LogP contribution is 2.53. The number of amides is 1. The van der Waals surface area contributed by atoms with E-state index in [2.05, 4.69) is 17.6 Å². The molecule has 3 rings (SSSR count). The summed E-state index contributed by atoms with van der Waals surface area (Å²) < 4.78 is 6.00. The van der Waals surface area contributed by atoms with Crippen LogP contribution in [0.4, 0.5) is 5.69 Å². The molecule has 3 atom stereocenters. The number of para-hydroxylation sites is 1. The molecule has 0 bridgehead atoms. The van der Waals surface area contributed by atoms with E-state index in [0.717, 1.165) is 18.7 Å². The maximum atomic E-state index is 12.5. The number of rotatable bonds is 6. The van der Waals surface area contributed by atoms with Gasteiger partial charge in [0.25, 0.3) is 0 Å². The van der Waals surface area contributed by atoms with Gasteiger partial charge < -0.3 is 15.4 Å². The number of carbonyl (C=O) groups excluding carboxylic acids is 1. The van der Waals surface area contributed by atoms with Crippen molar-refractivity contribution in [3.63, 3.8) is 0 Å². The average molecular weight is 330 g/mol. The minimum Gasteiger partial charge on any atom is -0.378 e. The van der Waals surface area contributed by atoms with Gasteiger partial charge in [-0.05, 0) is 45.2 Å². The average Bonchev–Trinajstić information content (AvgIpc) is 2.62. The van der Waals surface area contributed by atoms with Crippen LogP contribution >= 0.6 is 0 Å². The van der Waals surface area contributed by atoms with E-state index in [-0.39, 0.29) is 17.4 Å². The Morgan fingerprint density at radius 2 is 1.96 bits per heavy atom. The zero-order chi connectivity index (χ0) is 17.0. The van der Waals surface area contributed by atoms with Crippen molar-refractivity contribution in [1.29, 1.82) is 0 Å². The lowest BCUT2D eigenvalue weighted by Crippen LogP contribution is -2.66. The number of nitrogens with one attached hydrogen (secondary N) is 2. The summed E-state index contributed by atoms with van der Waals surface area (Å²) in [5.74, 6) is 0.0343. The predicted molar refractivity (Wildman–Crippen MR) is 97.0 cm³/mol. The molecule has 2 saturated carbocycles. The molecular formula is C20H30N2O2. The van der Waals surface area contributed by atoms with Crippen LogP contribution in [0.1, 0.15) is 52.4 Å². The first-order valence-electron chi connectivity index (χ1n) is 9.39. The van der Waals surface area contributed by atoms with E-state index in [4.69, 9.17) is 4.74 Å². The lowest BCUT2D eigenvalue weighted by atomic mass is 9.55. The van der Waals surface area contributed by atoms with E-state index >= 15 is 0 Å². The van der Waals surface area contributed by atoms with E-state index in [1.54, 1.807) is 0 Å². The summed E-state index contributed by atoms with van der Waals surface area (Å²) in [5.41, 5.74) is 1.10. The molecule has 132 valence electrons. The second-order valence-corrected chi connectivity index (χ2v) is 7.27. The molecule has 0 aromatic heterocycles. The molecule has 4 nitrogen and oxygen atoms in total. The Hall–Kier alpha value is -1.39. The van der Waals surface area contributed by atoms with Crippen molar-refractivity contribution in [3.8, 4) is 0 Å². The third kappa shape index (κ3) is 3.50. The van der Waals surface area contributed by atoms with Gasteiger partial charge in [0.1, 0.15) is 0 Å². The molecule has 2 fully saturated rings. The number of hydrogen-bond donors (Lipinski definition) is 2. The molecule has 1 aromatic rings. The van der Waals surface area contributed by atoms with Crippen molar-refractivity contribution >= 4 is 11.6 Å². The molecular weight excluding hydrogens is 300 g/mol. The van der Waals surface area contributed by atoms with E-state index in [0.29, 0.717) is 12.1 Å². The molecule has 0 radical (unpaired) electrons. The van der Waals surface area contributed by atoms with E-state index in [9.17, 15) is 4.79 Å². The van der Waals surface area contributed by atoms with Crippen LogP contribution in [0.15, 0.2) is 30.3 Å². The van der Waals surface area contributed by atoms with Crippen LogP contribution in [-0.4, -0.2) is 30.7 Å². The smallest absolute Gasteiger partial charge is 0.241 e. The summed E-state index contributed by atoms with van der Waals surface area (Å²) >= 11 is 0. The first-order valence-corrected chi connectivity index (χ1v) is 9.39. The molecule has 2 aliphatic carbocycles. The van der Waals surface area contributed by atoms with Crippen LogP contribution in [0.3, 0.4) is 0 Å². The summed E-state index contributed by atoms with van der Waals surface area (Å²) in [6.07, 6.45) is 7.74. The summed E-state index contributed by atoms with van der Waals surface area (Å²) in [7, 11) is 0. The molecule has 24 heavy (non-hydrogen) atoms. The zero-order valence-electron chi connectivity index (χ0n) is 14.9. The van der Waals surface area contributed by atoms with Crippen molar-refractivity contribution < 1.29 is 9.53 Å². The molecule has 0 heterocycles. The van der Waals surface area contributed by atoms with Gasteiger partial charge >= 0.3 is 0 Å². The van der Waals surface area contributed by atoms with Gasteiger partial charge in [-0.2, -0.15) is 0 Å². The molecule has 4 heteroatoms. The number of anilines is 1. The van der Waals surface area contributed by atoms with Gasteiger partial charge in [0.05, 0.1) is 12.1 Å². The van der Waals surface area contributed by atoms with E-state index < -0.39 is 0 Å². The Morgan fingerprint density at radius 3 is 2.62 bits per heavy atom. The van der Waals surface area contributed by atoms with E-state index in [1.807, 2.05) is 37.3 Å². The molecule has 1 amide bonds. The van der Waals surface area contributed by atoms with Crippen LogP contribution in [-0.2, 0) is 9.53 Å². The van der Waals surface area contributed by atoms with Crippen LogP contribution in [0, 0.1) is 5.41 Å². The second kappa shape index (κ2) is 7.66. The maximum Gasteiger partial charge on any atom is 0.241 e. The third-order valence-electron chi connectivity index (χ3n) is 5.82. The quantitative estimate of drug-likeness (QED) is 0.835. The Balaban J connectivity index is 1.59. The Morgan fingerprint density at radius 1 is 1.25 bits per heavy atom. The van der Waals surface area contributed by atoms with Crippen LogP contribution in [0.5, 0.6) is 0 Å². The largest absolute Gasteiger partial charge is 0.378 e. The monoisotopic (exact) mass is 330 g/mol. The lowest BCUT2D eigenvalue weighted by molar-refractivity contribution is -0.153. The van der Waals surface area contributed by atoms with Crippen molar-refractivity contribution in [2.45, 2.75) is 70.6 Å². The number of ether oxygens (including phenoxy) is 1. The van der Waals surface area contributed by atoms with Gasteiger partial charge in [-0.1, -0.05) is 37.5 Å². The standard InChI is InChI=1S/C20H30N2O2/c1-3-24-18-14-17(20(18)12-8-5-9-13-20)21-15(2)19(23)22-16-10-6-4-7-11-16/h4,6-7,10-11,15,17-18,21H,3,5,8-9,12-14H2,1-2H3,(H,22,23)/t15-,17+,18-/m1/s1. The summed E-state index contributed by atoms with van der Waals surface area (Å²) in [6.45, 7) is 4.82. The molecule has 0 unspecified atom stereocenters. The van der Waals surface area contributed by atoms with Gasteiger partial charge in [0.2, 0.25) is 5.91 Å². The van der Waals surface area contributed by atoms with Gasteiger partial charge in [0.15, 0.2) is 0 Å². The van der Waals surface area contributed by atoms with Crippen molar-refractivity contribution in [2.75, 3.05) is 11.9 Å². The second-order valence-electron chi connectivity index (χ2n) is 7.27. The fraction of sp³-hybridized carbons (Fsp3) is 0.650. The fourth-order valence-corrected chi connectivity index (χ4v) is 4.45. The van der Waals surface area contributed by atoms with Gasteiger partial charge in [0, 0.05) is 23.8 Å². The zero-order valence-corrected chi connectivity index (χ0v) is 14.9. The Labute approximate surface area is 145 Å². The highest BCUT2D eigenvalue weighted by Gasteiger charge is 2.55. The first kappa shape index (κ1) is 17.4. The van der Waals surface area contributed by atoms with Crippen molar-refractivity contribution in [1.82, 2.24) is 5.32 Å². The van der Waals surface area contributed by atoms with Crippen molar-refractivity contribution in [2.24, 2.45) is 5.41 Å². The highest BCUT2D eigenvalue weighted by atomic mass is 16.5. The van der Waals surface area contributed by atoms with Crippen LogP contribution in [0.2, 0.25) is 0 Å². The fourth-order valence-electron chi connectivity index (χ4n) is 4.45. The van der Waals surface area contributed by atoms with Crippen LogP contribution < -0.4 is 10.6 Å². The minimum absolute atomic E-state index is 0.0343. The molecule has 1 aromatic carbocycles. The molecule has 0 saturated heterocycles. The normalized spacial score (nSPS) is 26.6. The molecule has 0 aliphatic heterocycles. The number of hydrogen-bond acceptors (Lipinski definition) is 3. The predicted octanol–water partition coefficient (Wildman–Crippen LogP) is 3.73. The van der Waals surface area contributed by atoms with Crippen molar-refractivity contribution in [3.05, 3.63) is 30.3 Å². The van der Waals surface area contributed by atoms with Gasteiger partial charge in [-0.3, -0.25) is 4.79 Å². The number of benzene rings is 1. The minimum atomic E-state index is -0.198. The molecule has 2 aliphatic rings.